The predicted octanol–water partition coefficient (Wildman–Crippen LogP) is 11.3. The summed E-state index contributed by atoms with van der Waals surface area (Å²) in [5.41, 5.74) is 11.9. The Bertz CT molecular complexity index is 6450. The monoisotopic (exact) mass is 2050 g/mol. The summed E-state index contributed by atoms with van der Waals surface area (Å²) in [5, 5.41) is 212. The van der Waals surface area contributed by atoms with Gasteiger partial charge in [0.1, 0.15) is 129 Å². The molecular formula is C76H80CoN38O21S4. The van der Waals surface area contributed by atoms with Crippen molar-refractivity contribution < 1.29 is 112 Å². The van der Waals surface area contributed by atoms with E-state index in [0.29, 0.717) is 10.8 Å². The molecule has 1 radical (unpaired) electrons. The number of hydrazine groups is 1. The number of nitrogen functional groups attached to an aromatic ring is 1. The van der Waals surface area contributed by atoms with Gasteiger partial charge in [0.25, 0.3) is 0 Å². The SMILES string of the molecule is Cn1cc[n+](C)c1N=Nc1ccc(NCCNc2ccc(N=Nc3n(C)cc[n+]3C)cc2)cc1.N/C=N\N.N=CN=Nc1ccc(O)cc1.N=CN=Nc1ccc(O)cc1O.N=CN=Nc1ccc(O)cc1O.NNc1ncc([N+](=O)[O-])s1.O.O.O=C1C=CC(=NN=c2[n-]cc([N+](=O)[O-])s2)C(O)=C1.O=C1C=CC(=NN=c2[n-]cc([N+](=O)[O-])s2)C(O)=C1.O=[N+]([O-])c1cnc(N=Nc2ccc(O)cc2O)s1.[Co]. The van der Waals surface area contributed by atoms with Gasteiger partial charge in [0.2, 0.25) is 10.3 Å². The number of nitro groups is 4. The molecule has 59 nitrogen and oxygen atoms in total. The molecule has 25 N–H and O–H groups in total. The number of imidazole rings is 2. The number of phenols is 7. The van der Waals surface area contributed by atoms with E-state index in [0.717, 1.165) is 174 Å². The standard InChI is InChI=1S/C24H28N10.3C9H6N4O4S.2C7H7N3O2.C7H7N3O.C3H4N4O2S.CH5N3.Co.2H2O/c1-31-15-16-32(2)23(31)29-27-21-9-5-19(6-10-21)25-13-14-26-20-7-11-22(12-8-20)28-30-24-33(3)17-18-34(24)4;3*14-5-1-2-6(7(15)3-5)11-12-9-10-4-8(18-9)13(16)17;2*8-4-9-10-6-2-1-5(11)3-7(6)12;8-5-9-10-6-1-3-7(11)4-2-6;4-6-3-5-1-2(10-3)7(8)9;2-1-4-3;;;/h5-12,15-18H,13-14H2,1-4H3;2*1-4H,(H2,10,12,14,15);1-4,14-15H;2*1-4,8,11-12H;1-5,8,11H;1H,4H2,(H,5,6);1H,3H2,(H2,2,4);;2*1H2. The maximum Gasteiger partial charge on any atom is 0.421 e. The Morgan fingerprint density at radius 1 is 0.471 bits per heavy atom. The number of nitrogens with one attached hydrogen (secondary N) is 6. The Labute approximate surface area is 811 Å². The molecule has 0 fully saturated rings. The summed E-state index contributed by atoms with van der Waals surface area (Å²) in [6.07, 6.45) is 22.6. The van der Waals surface area contributed by atoms with E-state index in [4.69, 9.17) is 52.7 Å². The second-order valence-corrected chi connectivity index (χ2v) is 28.8. The minimum atomic E-state index is -0.583. The predicted molar refractivity (Wildman–Crippen MR) is 507 cm³/mol. The number of thiazole rings is 4. The summed E-state index contributed by atoms with van der Waals surface area (Å²) >= 11 is 3.17. The average Bonchev–Trinajstić information content (AvgIpc) is 1.87. The second kappa shape index (κ2) is 60.9. The number of allylic oxidation sites excluding steroid dienone is 6. The molecule has 0 bridgehead atoms. The molecule has 6 heterocycles. The third-order valence-corrected chi connectivity index (χ3v) is 18.6. The van der Waals surface area contributed by atoms with Crippen LogP contribution < -0.4 is 62.2 Å². The van der Waals surface area contributed by atoms with Crippen molar-refractivity contribution in [3.8, 4) is 40.2 Å². The first-order valence-corrected chi connectivity index (χ1v) is 40.5. The van der Waals surface area contributed by atoms with Crippen LogP contribution >= 0.6 is 45.3 Å². The Balaban J connectivity index is 0.000000422. The van der Waals surface area contributed by atoms with Crippen LogP contribution in [-0.2, 0) is 54.6 Å². The summed E-state index contributed by atoms with van der Waals surface area (Å²) in [4.78, 5) is 75.6. The van der Waals surface area contributed by atoms with Crippen LogP contribution in [0.1, 0.15) is 0 Å². The van der Waals surface area contributed by atoms with Gasteiger partial charge >= 0.3 is 31.9 Å². The number of aliphatic hydroxyl groups excluding tert-OH is 2. The summed E-state index contributed by atoms with van der Waals surface area (Å²) < 4.78 is 7.70. The number of carbonyl (C=O) groups excluding carboxylic acids is 2. The van der Waals surface area contributed by atoms with Crippen LogP contribution in [0, 0.1) is 56.7 Å². The average molecular weight is 2050 g/mol. The maximum atomic E-state index is 10.9. The maximum absolute atomic E-state index is 10.9. The molecule has 140 heavy (non-hydrogen) atoms. The molecule has 12 aromatic rings. The molecule has 2 aliphatic carbocycles. The van der Waals surface area contributed by atoms with Crippen molar-refractivity contribution in [1.29, 1.82) is 16.2 Å². The van der Waals surface area contributed by atoms with E-state index in [1.54, 1.807) is 12.1 Å². The first kappa shape index (κ1) is 115. The van der Waals surface area contributed by atoms with Crippen molar-refractivity contribution in [2.45, 2.75) is 0 Å². The molecule has 2 aliphatic rings. The van der Waals surface area contributed by atoms with E-state index in [-0.39, 0.29) is 154 Å². The Hall–Kier alpha value is -19.0. The zero-order chi connectivity index (χ0) is 100. The van der Waals surface area contributed by atoms with Crippen molar-refractivity contribution in [1.82, 2.24) is 29.1 Å². The number of phenolic OH excluding ortho intramolecular Hbond substituents is 7. The van der Waals surface area contributed by atoms with E-state index in [2.05, 4.69) is 134 Å². The topological polar surface area (TPSA) is 919 Å². The van der Waals surface area contributed by atoms with Crippen LogP contribution in [0.3, 0.4) is 0 Å². The first-order chi connectivity index (χ1) is 65.6. The molecule has 0 spiro atoms. The number of aromatic hydroxyl groups is 7. The van der Waals surface area contributed by atoms with Crippen LogP contribution in [0.15, 0.2) is 312 Å². The zero-order valence-electron chi connectivity index (χ0n) is 72.2. The van der Waals surface area contributed by atoms with Crippen molar-refractivity contribution in [3.05, 3.63) is 275 Å². The quantitative estimate of drug-likeness (QED) is 0.00307. The molecule has 0 saturated carbocycles. The van der Waals surface area contributed by atoms with Gasteiger partial charge in [-0.15, -0.1) is 40.9 Å². The van der Waals surface area contributed by atoms with Crippen molar-refractivity contribution in [3.63, 3.8) is 0 Å². The van der Waals surface area contributed by atoms with Crippen molar-refractivity contribution >= 4 is 181 Å². The molecule has 14 rings (SSSR count). The number of hydrogen-bond donors (Lipinski definition) is 18. The molecule has 0 aliphatic heterocycles. The second-order valence-electron chi connectivity index (χ2n) is 24.9. The first-order valence-electron chi connectivity index (χ1n) is 37.3. The Kier molecular flexibility index (Phi) is 50.1. The molecule has 0 atom stereocenters. The van der Waals surface area contributed by atoms with E-state index in [1.165, 1.54) is 72.8 Å². The Morgan fingerprint density at radius 2 is 0.829 bits per heavy atom. The molecule has 733 valence electrons. The van der Waals surface area contributed by atoms with Crippen LogP contribution in [0.5, 0.6) is 40.2 Å². The zero-order valence-corrected chi connectivity index (χ0v) is 76.5. The number of nitrogens with two attached hydrogens (primary N) is 3. The number of hydrazone groups is 1. The smallest absolute Gasteiger partial charge is 0.421 e. The van der Waals surface area contributed by atoms with Gasteiger partial charge in [0.05, 0.1) is 78.4 Å². The van der Waals surface area contributed by atoms with E-state index in [9.17, 15) is 65.4 Å². The van der Waals surface area contributed by atoms with Crippen LogP contribution in [0.4, 0.5) is 87.7 Å². The van der Waals surface area contributed by atoms with Crippen molar-refractivity contribution in [2.24, 2.45) is 132 Å². The number of azo groups is 6. The van der Waals surface area contributed by atoms with E-state index < -0.39 is 19.7 Å². The van der Waals surface area contributed by atoms with Gasteiger partial charge in [0.15, 0.2) is 11.6 Å². The number of aliphatic hydroxyl groups is 2. The molecule has 0 unspecified atom stereocenters. The van der Waals surface area contributed by atoms with Gasteiger partial charge in [-0.2, -0.15) is 5.10 Å². The normalized spacial score (nSPS) is 12.4. The number of aryl methyl sites for hydroxylation is 4. The summed E-state index contributed by atoms with van der Waals surface area (Å²) in [7, 11) is 7.78. The molecule has 0 saturated heterocycles. The van der Waals surface area contributed by atoms with Gasteiger partial charge in [-0.05, 0) is 156 Å². The molecule has 6 aromatic heterocycles. The minimum Gasteiger partial charge on any atom is -0.508 e. The summed E-state index contributed by atoms with van der Waals surface area (Å²) in [6.45, 7) is 1.57. The number of anilines is 3. The minimum absolute atomic E-state index is 0. The summed E-state index contributed by atoms with van der Waals surface area (Å²) in [5.74, 6) is 9.10. The number of rotatable bonds is 24. The Morgan fingerprint density at radius 3 is 1.15 bits per heavy atom. The van der Waals surface area contributed by atoms with Crippen molar-refractivity contribution in [2.75, 3.05) is 29.1 Å². The van der Waals surface area contributed by atoms with Gasteiger partial charge in [-0.3, -0.25) is 81.9 Å². The van der Waals surface area contributed by atoms with E-state index in [1.807, 2.05) is 120 Å². The fraction of sp³-hybridized carbons (Fsp3) is 0.0789. The number of benzene rings is 6. The number of carbonyl (C=O) groups is 2. The molecule has 6 aromatic carbocycles. The van der Waals surface area contributed by atoms with Gasteiger partial charge in [0, 0.05) is 104 Å². The molecule has 64 heteroatoms. The molecular weight excluding hydrogens is 1970 g/mol. The van der Waals surface area contributed by atoms with Gasteiger partial charge < -0.3 is 99.3 Å². The van der Waals surface area contributed by atoms with Gasteiger partial charge in [-0.25, -0.2) is 34.1 Å². The third-order valence-electron chi connectivity index (χ3n) is 15.2. The van der Waals surface area contributed by atoms with Gasteiger partial charge in [-0.1, -0.05) is 32.9 Å². The largest absolute Gasteiger partial charge is 0.508 e. The number of nitrogens with zero attached hydrogens (tertiary/aromatic N) is 29. The fourth-order valence-corrected chi connectivity index (χ4v) is 11.2. The third kappa shape index (κ3) is 41.0. The van der Waals surface area contributed by atoms with Crippen LogP contribution in [0.25, 0.3) is 0 Å². The molecule has 0 amide bonds. The fourth-order valence-electron chi connectivity index (χ4n) is 8.99. The number of aromatic nitrogens is 8. The van der Waals surface area contributed by atoms with Crippen LogP contribution in [0.2, 0.25) is 0 Å². The van der Waals surface area contributed by atoms with E-state index >= 15 is 0 Å². The van der Waals surface area contributed by atoms with Crippen LogP contribution in [-0.4, -0.2) is 157 Å². The number of ketones is 2. The summed E-state index contributed by atoms with van der Waals surface area (Å²) in [6, 6.07) is 33.7. The number of hydrogen-bond acceptors (Lipinski definition) is 47.